The molecule has 120 valence electrons. The second-order valence-electron chi connectivity index (χ2n) is 9.10. The number of hydrogen-bond acceptors (Lipinski definition) is 2. The van der Waals surface area contributed by atoms with Gasteiger partial charge in [-0.25, -0.2) is 0 Å². The van der Waals surface area contributed by atoms with Gasteiger partial charge in [-0.2, -0.15) is 0 Å². The minimum absolute atomic E-state index is 0.547. The second kappa shape index (κ2) is 5.23. The van der Waals surface area contributed by atoms with Gasteiger partial charge in [0, 0.05) is 12.6 Å². The maximum atomic E-state index is 6.16. The van der Waals surface area contributed by atoms with Gasteiger partial charge in [0.25, 0.3) is 0 Å². The molecule has 0 aromatic carbocycles. The zero-order valence-corrected chi connectivity index (χ0v) is 13.9. The van der Waals surface area contributed by atoms with Gasteiger partial charge in [-0.1, -0.05) is 19.3 Å². The molecule has 0 aliphatic heterocycles. The normalized spacial score (nSPS) is 47.7. The molecule has 0 aromatic rings. The van der Waals surface area contributed by atoms with E-state index in [-0.39, 0.29) is 0 Å². The predicted molar refractivity (Wildman–Crippen MR) is 88.0 cm³/mol. The zero-order chi connectivity index (χ0) is 14.5. The van der Waals surface area contributed by atoms with Crippen molar-refractivity contribution in [3.05, 3.63) is 0 Å². The highest BCUT2D eigenvalue weighted by atomic mass is 14.9. The minimum Gasteiger partial charge on any atom is -0.329 e. The Morgan fingerprint density at radius 3 is 2.29 bits per heavy atom. The van der Waals surface area contributed by atoms with Crippen LogP contribution in [0.1, 0.15) is 70.6 Å². The standard InChI is InChI=1S/C19H34N2/c1-21-17(12-20)19-10-14-7-15(11-19)9-18(8-14,13-19)16-5-3-2-4-6-16/h14-17,21H,2-13,20H2,1H3. The summed E-state index contributed by atoms with van der Waals surface area (Å²) in [5.74, 6) is 3.10. The van der Waals surface area contributed by atoms with E-state index >= 15 is 0 Å². The molecule has 0 saturated heterocycles. The highest BCUT2D eigenvalue weighted by Gasteiger charge is 2.61. The molecular weight excluding hydrogens is 256 g/mol. The molecule has 0 amide bonds. The Balaban J connectivity index is 1.64. The summed E-state index contributed by atoms with van der Waals surface area (Å²) in [5.41, 5.74) is 7.43. The first-order valence-electron chi connectivity index (χ1n) is 9.57. The molecule has 5 aliphatic carbocycles. The summed E-state index contributed by atoms with van der Waals surface area (Å²) >= 11 is 0. The zero-order valence-electron chi connectivity index (χ0n) is 13.9. The lowest BCUT2D eigenvalue weighted by Gasteiger charge is -2.66. The smallest absolute Gasteiger partial charge is 0.0244 e. The highest BCUT2D eigenvalue weighted by molar-refractivity contribution is 5.12. The third-order valence-corrected chi connectivity index (χ3v) is 7.95. The molecule has 3 atom stereocenters. The van der Waals surface area contributed by atoms with Crippen molar-refractivity contribution in [2.24, 2.45) is 34.3 Å². The third kappa shape index (κ3) is 2.20. The van der Waals surface area contributed by atoms with E-state index in [1.807, 2.05) is 0 Å². The Morgan fingerprint density at radius 2 is 1.71 bits per heavy atom. The van der Waals surface area contributed by atoms with Crippen molar-refractivity contribution in [1.29, 1.82) is 0 Å². The van der Waals surface area contributed by atoms with Crippen LogP contribution in [0.3, 0.4) is 0 Å². The molecule has 0 radical (unpaired) electrons. The van der Waals surface area contributed by atoms with E-state index in [0.29, 0.717) is 11.5 Å². The van der Waals surface area contributed by atoms with Crippen molar-refractivity contribution >= 4 is 0 Å². The molecule has 3 N–H and O–H groups in total. The van der Waals surface area contributed by atoms with E-state index < -0.39 is 0 Å². The Kier molecular flexibility index (Phi) is 3.61. The Morgan fingerprint density at radius 1 is 1.05 bits per heavy atom. The maximum absolute atomic E-state index is 6.16. The first-order valence-corrected chi connectivity index (χ1v) is 9.57. The van der Waals surface area contributed by atoms with E-state index in [1.54, 1.807) is 12.8 Å². The molecule has 5 fully saturated rings. The lowest BCUT2D eigenvalue weighted by Crippen LogP contribution is -2.62. The predicted octanol–water partition coefficient (Wildman–Crippen LogP) is 3.70. The van der Waals surface area contributed by atoms with Crippen LogP contribution in [0, 0.1) is 28.6 Å². The Labute approximate surface area is 130 Å². The van der Waals surface area contributed by atoms with E-state index in [0.717, 1.165) is 29.7 Å². The van der Waals surface area contributed by atoms with Crippen LogP contribution in [0.25, 0.3) is 0 Å². The lowest BCUT2D eigenvalue weighted by atomic mass is 9.39. The van der Waals surface area contributed by atoms with E-state index in [9.17, 15) is 0 Å². The third-order valence-electron chi connectivity index (χ3n) is 7.95. The average Bonchev–Trinajstić information content (AvgIpc) is 2.48. The largest absolute Gasteiger partial charge is 0.329 e. The first kappa shape index (κ1) is 14.5. The maximum Gasteiger partial charge on any atom is 0.0244 e. The minimum atomic E-state index is 0.547. The Bertz CT molecular complexity index is 367. The summed E-state index contributed by atoms with van der Waals surface area (Å²) in [4.78, 5) is 0. The topological polar surface area (TPSA) is 38.0 Å². The van der Waals surface area contributed by atoms with Gasteiger partial charge in [0.1, 0.15) is 0 Å². The highest BCUT2D eigenvalue weighted by Crippen LogP contribution is 2.69. The molecule has 5 rings (SSSR count). The van der Waals surface area contributed by atoms with Crippen LogP contribution in [-0.4, -0.2) is 19.6 Å². The van der Waals surface area contributed by atoms with Crippen molar-refractivity contribution < 1.29 is 0 Å². The fourth-order valence-electron chi connectivity index (χ4n) is 7.68. The molecule has 3 unspecified atom stereocenters. The molecule has 0 spiro atoms. The van der Waals surface area contributed by atoms with Gasteiger partial charge in [-0.05, 0) is 87.0 Å². The van der Waals surface area contributed by atoms with Gasteiger partial charge >= 0.3 is 0 Å². The first-order chi connectivity index (χ1) is 10.2. The van der Waals surface area contributed by atoms with Crippen molar-refractivity contribution in [2.75, 3.05) is 13.6 Å². The van der Waals surface area contributed by atoms with Gasteiger partial charge in [-0.15, -0.1) is 0 Å². The molecule has 0 aromatic heterocycles. The second-order valence-corrected chi connectivity index (χ2v) is 9.10. The fourth-order valence-corrected chi connectivity index (χ4v) is 7.68. The number of nitrogens with two attached hydrogens (primary N) is 1. The monoisotopic (exact) mass is 290 g/mol. The van der Waals surface area contributed by atoms with Gasteiger partial charge in [0.15, 0.2) is 0 Å². The molecule has 21 heavy (non-hydrogen) atoms. The van der Waals surface area contributed by atoms with Crippen LogP contribution in [0.5, 0.6) is 0 Å². The van der Waals surface area contributed by atoms with Crippen molar-refractivity contribution in [2.45, 2.75) is 76.7 Å². The summed E-state index contributed by atoms with van der Waals surface area (Å²) in [6, 6.07) is 0.561. The molecule has 5 aliphatic rings. The number of hydrogen-bond donors (Lipinski definition) is 2. The van der Waals surface area contributed by atoms with Gasteiger partial charge in [0.2, 0.25) is 0 Å². The summed E-state index contributed by atoms with van der Waals surface area (Å²) < 4.78 is 0. The van der Waals surface area contributed by atoms with Crippen molar-refractivity contribution in [3.8, 4) is 0 Å². The number of nitrogens with one attached hydrogen (secondary N) is 1. The summed E-state index contributed by atoms with van der Waals surface area (Å²) in [6.45, 7) is 0.830. The molecule has 5 saturated carbocycles. The van der Waals surface area contributed by atoms with Crippen LogP contribution < -0.4 is 11.1 Å². The fraction of sp³-hybridized carbons (Fsp3) is 1.00. The van der Waals surface area contributed by atoms with Crippen molar-refractivity contribution in [3.63, 3.8) is 0 Å². The SMILES string of the molecule is CNC(CN)C12CC3CC(CC(C4CCCCC4)(C3)C1)C2. The molecule has 2 heteroatoms. The van der Waals surface area contributed by atoms with Crippen molar-refractivity contribution in [1.82, 2.24) is 5.32 Å². The van der Waals surface area contributed by atoms with Crippen LogP contribution in [0.2, 0.25) is 0 Å². The molecule has 0 heterocycles. The van der Waals surface area contributed by atoms with Crippen LogP contribution in [0.4, 0.5) is 0 Å². The van der Waals surface area contributed by atoms with Gasteiger partial charge in [0.05, 0.1) is 0 Å². The summed E-state index contributed by atoms with van der Waals surface area (Å²) in [7, 11) is 2.14. The van der Waals surface area contributed by atoms with Gasteiger partial charge < -0.3 is 11.1 Å². The van der Waals surface area contributed by atoms with E-state index in [1.165, 1.54) is 57.8 Å². The lowest BCUT2D eigenvalue weighted by molar-refractivity contribution is -0.152. The number of rotatable bonds is 4. The summed E-state index contributed by atoms with van der Waals surface area (Å²) in [6.07, 6.45) is 16.7. The van der Waals surface area contributed by atoms with Crippen LogP contribution in [0.15, 0.2) is 0 Å². The van der Waals surface area contributed by atoms with Crippen LogP contribution in [-0.2, 0) is 0 Å². The number of likely N-dealkylation sites (N-methyl/N-ethyl adjacent to an activating group) is 1. The molecule has 4 bridgehead atoms. The van der Waals surface area contributed by atoms with E-state index in [4.69, 9.17) is 5.73 Å². The molecule has 2 nitrogen and oxygen atoms in total. The average molecular weight is 290 g/mol. The molecular formula is C19H34N2. The van der Waals surface area contributed by atoms with Gasteiger partial charge in [-0.3, -0.25) is 0 Å². The Hall–Kier alpha value is -0.0800. The summed E-state index contributed by atoms with van der Waals surface area (Å²) in [5, 5.41) is 3.60. The quantitative estimate of drug-likeness (QED) is 0.828. The van der Waals surface area contributed by atoms with E-state index in [2.05, 4.69) is 12.4 Å². The van der Waals surface area contributed by atoms with Crippen LogP contribution >= 0.6 is 0 Å².